The number of rotatable bonds is 4. The van der Waals surface area contributed by atoms with Crippen molar-refractivity contribution in [2.75, 3.05) is 32.8 Å². The molecular formula is C15H23IN2O. The lowest BCUT2D eigenvalue weighted by molar-refractivity contribution is 0.0305. The third kappa shape index (κ3) is 3.68. The molecule has 0 aromatic heterocycles. The highest BCUT2D eigenvalue weighted by molar-refractivity contribution is 14.1. The van der Waals surface area contributed by atoms with Gasteiger partial charge in [-0.05, 0) is 40.3 Å². The van der Waals surface area contributed by atoms with Gasteiger partial charge in [0.05, 0.1) is 0 Å². The Balaban J connectivity index is 2.33. The molecule has 1 aromatic rings. The standard InChI is InChI=1S/C15H23IN2O/c1-15(2,11-19)14(18-8-6-17-7-9-18)12-4-3-5-13(16)10-12/h3-5,10,14,17,19H,6-9,11H2,1-2H3/t14-/m0/s1. The minimum absolute atomic E-state index is 0.137. The molecule has 1 fully saturated rings. The summed E-state index contributed by atoms with van der Waals surface area (Å²) in [6.07, 6.45) is 0. The summed E-state index contributed by atoms with van der Waals surface area (Å²) in [5.74, 6) is 0. The quantitative estimate of drug-likeness (QED) is 0.794. The normalized spacial score (nSPS) is 19.4. The second-order valence-electron chi connectivity index (χ2n) is 5.89. The van der Waals surface area contributed by atoms with E-state index in [4.69, 9.17) is 0 Å². The monoisotopic (exact) mass is 374 g/mol. The molecule has 1 atom stereocenters. The SMILES string of the molecule is CC(C)(CO)[C@H](c1cccc(I)c1)N1CCNCC1. The molecule has 106 valence electrons. The Morgan fingerprint density at radius 1 is 1.37 bits per heavy atom. The van der Waals surface area contributed by atoms with E-state index in [9.17, 15) is 5.11 Å². The van der Waals surface area contributed by atoms with Gasteiger partial charge in [0.2, 0.25) is 0 Å². The Labute approximate surface area is 129 Å². The lowest BCUT2D eigenvalue weighted by atomic mass is 9.80. The van der Waals surface area contributed by atoms with Crippen LogP contribution >= 0.6 is 22.6 Å². The summed E-state index contributed by atoms with van der Waals surface area (Å²) in [6, 6.07) is 8.93. The summed E-state index contributed by atoms with van der Waals surface area (Å²) < 4.78 is 1.25. The molecule has 2 N–H and O–H groups in total. The van der Waals surface area contributed by atoms with Gasteiger partial charge in [0.15, 0.2) is 0 Å². The average molecular weight is 374 g/mol. The Hall–Kier alpha value is -0.170. The zero-order chi connectivity index (χ0) is 13.9. The van der Waals surface area contributed by atoms with Crippen LogP contribution in [0.1, 0.15) is 25.5 Å². The number of hydrogen-bond donors (Lipinski definition) is 2. The number of hydrogen-bond acceptors (Lipinski definition) is 3. The van der Waals surface area contributed by atoms with Crippen molar-refractivity contribution in [3.63, 3.8) is 0 Å². The smallest absolute Gasteiger partial charge is 0.0500 e. The zero-order valence-electron chi connectivity index (χ0n) is 11.7. The van der Waals surface area contributed by atoms with E-state index >= 15 is 0 Å². The van der Waals surface area contributed by atoms with Gasteiger partial charge in [-0.3, -0.25) is 4.90 Å². The van der Waals surface area contributed by atoms with Crippen LogP contribution < -0.4 is 5.32 Å². The lowest BCUT2D eigenvalue weighted by Crippen LogP contribution is -2.49. The molecule has 0 radical (unpaired) electrons. The Morgan fingerprint density at radius 3 is 2.63 bits per heavy atom. The number of aliphatic hydroxyl groups excluding tert-OH is 1. The van der Waals surface area contributed by atoms with E-state index in [0.29, 0.717) is 0 Å². The molecule has 0 spiro atoms. The maximum Gasteiger partial charge on any atom is 0.0500 e. The molecule has 19 heavy (non-hydrogen) atoms. The van der Waals surface area contributed by atoms with E-state index in [1.54, 1.807) is 0 Å². The molecule has 0 aliphatic carbocycles. The highest BCUT2D eigenvalue weighted by atomic mass is 127. The summed E-state index contributed by atoms with van der Waals surface area (Å²) in [6.45, 7) is 8.65. The number of halogens is 1. The first kappa shape index (κ1) is 15.2. The highest BCUT2D eigenvalue weighted by Crippen LogP contribution is 2.38. The van der Waals surface area contributed by atoms with Crippen LogP contribution in [0.4, 0.5) is 0 Å². The summed E-state index contributed by atoms with van der Waals surface area (Å²) in [7, 11) is 0. The predicted octanol–water partition coefficient (Wildman–Crippen LogP) is 2.26. The molecule has 3 nitrogen and oxygen atoms in total. The predicted molar refractivity (Wildman–Crippen MR) is 87.2 cm³/mol. The Morgan fingerprint density at radius 2 is 2.05 bits per heavy atom. The van der Waals surface area contributed by atoms with E-state index in [1.807, 2.05) is 0 Å². The van der Waals surface area contributed by atoms with Crippen molar-refractivity contribution in [3.8, 4) is 0 Å². The van der Waals surface area contributed by atoms with E-state index < -0.39 is 0 Å². The first-order valence-corrected chi connectivity index (χ1v) is 7.93. The largest absolute Gasteiger partial charge is 0.396 e. The molecule has 2 rings (SSSR count). The number of nitrogens with zero attached hydrogens (tertiary/aromatic N) is 1. The van der Waals surface area contributed by atoms with Crippen molar-refractivity contribution in [3.05, 3.63) is 33.4 Å². The Bertz CT molecular complexity index is 416. The maximum absolute atomic E-state index is 9.78. The minimum Gasteiger partial charge on any atom is -0.396 e. The molecule has 4 heteroatoms. The second-order valence-corrected chi connectivity index (χ2v) is 7.14. The fourth-order valence-corrected chi connectivity index (χ4v) is 3.43. The van der Waals surface area contributed by atoms with Gasteiger partial charge < -0.3 is 10.4 Å². The van der Waals surface area contributed by atoms with Gasteiger partial charge in [-0.1, -0.05) is 26.0 Å². The molecule has 1 aliphatic rings. The van der Waals surface area contributed by atoms with Gasteiger partial charge in [0, 0.05) is 47.8 Å². The van der Waals surface area contributed by atoms with Crippen LogP contribution in [-0.2, 0) is 0 Å². The van der Waals surface area contributed by atoms with Crippen LogP contribution in [0.15, 0.2) is 24.3 Å². The number of nitrogens with one attached hydrogen (secondary N) is 1. The fraction of sp³-hybridized carbons (Fsp3) is 0.600. The highest BCUT2D eigenvalue weighted by Gasteiger charge is 2.35. The van der Waals surface area contributed by atoms with E-state index in [-0.39, 0.29) is 18.1 Å². The fourth-order valence-electron chi connectivity index (χ4n) is 2.86. The van der Waals surface area contributed by atoms with Crippen LogP contribution in [0, 0.1) is 8.99 Å². The Kier molecular flexibility index (Phi) is 5.22. The summed E-state index contributed by atoms with van der Waals surface area (Å²) >= 11 is 2.36. The minimum atomic E-state index is -0.137. The maximum atomic E-state index is 9.78. The van der Waals surface area contributed by atoms with Crippen molar-refractivity contribution in [2.45, 2.75) is 19.9 Å². The molecule has 1 aliphatic heterocycles. The molecule has 1 saturated heterocycles. The van der Waals surface area contributed by atoms with Gasteiger partial charge in [-0.15, -0.1) is 0 Å². The van der Waals surface area contributed by atoms with Gasteiger partial charge in [0.25, 0.3) is 0 Å². The molecule has 1 aromatic carbocycles. The number of piperazine rings is 1. The van der Waals surface area contributed by atoms with Crippen molar-refractivity contribution < 1.29 is 5.11 Å². The molecular weight excluding hydrogens is 351 g/mol. The summed E-state index contributed by atoms with van der Waals surface area (Å²) in [5.41, 5.74) is 1.18. The molecule has 0 unspecified atom stereocenters. The second kappa shape index (κ2) is 6.52. The van der Waals surface area contributed by atoms with Crippen molar-refractivity contribution in [1.82, 2.24) is 10.2 Å². The van der Waals surface area contributed by atoms with Gasteiger partial charge in [0.1, 0.15) is 0 Å². The van der Waals surface area contributed by atoms with Crippen molar-refractivity contribution in [1.29, 1.82) is 0 Å². The van der Waals surface area contributed by atoms with Gasteiger partial charge in [-0.25, -0.2) is 0 Å². The van der Waals surface area contributed by atoms with Gasteiger partial charge in [-0.2, -0.15) is 0 Å². The van der Waals surface area contributed by atoms with Crippen molar-refractivity contribution in [2.24, 2.45) is 5.41 Å². The van der Waals surface area contributed by atoms with Crippen LogP contribution in [0.25, 0.3) is 0 Å². The van der Waals surface area contributed by atoms with Crippen molar-refractivity contribution >= 4 is 22.6 Å². The topological polar surface area (TPSA) is 35.5 Å². The van der Waals surface area contributed by atoms with Crippen LogP contribution in [-0.4, -0.2) is 42.8 Å². The first-order chi connectivity index (χ1) is 9.04. The summed E-state index contributed by atoms with van der Waals surface area (Å²) in [4.78, 5) is 2.50. The third-order valence-corrected chi connectivity index (χ3v) is 4.50. The number of aliphatic hydroxyl groups is 1. The van der Waals surface area contributed by atoms with E-state index in [0.717, 1.165) is 26.2 Å². The van der Waals surface area contributed by atoms with E-state index in [2.05, 4.69) is 70.9 Å². The lowest BCUT2D eigenvalue weighted by Gasteiger charge is -2.43. The van der Waals surface area contributed by atoms with E-state index in [1.165, 1.54) is 9.13 Å². The zero-order valence-corrected chi connectivity index (χ0v) is 13.9. The molecule has 0 saturated carbocycles. The molecule has 0 bridgehead atoms. The number of benzene rings is 1. The molecule has 1 heterocycles. The summed E-state index contributed by atoms with van der Waals surface area (Å²) in [5, 5.41) is 13.2. The van der Waals surface area contributed by atoms with Gasteiger partial charge >= 0.3 is 0 Å². The average Bonchev–Trinajstić information content (AvgIpc) is 2.40. The van der Waals surface area contributed by atoms with Crippen LogP contribution in [0.5, 0.6) is 0 Å². The molecule has 0 amide bonds. The first-order valence-electron chi connectivity index (χ1n) is 6.86. The third-order valence-electron chi connectivity index (χ3n) is 3.83. The van der Waals surface area contributed by atoms with Crippen LogP contribution in [0.2, 0.25) is 0 Å². The van der Waals surface area contributed by atoms with Crippen LogP contribution in [0.3, 0.4) is 0 Å².